The topological polar surface area (TPSA) is 77.9 Å². The number of nitrogens with one attached hydrogen (secondary N) is 1. The van der Waals surface area contributed by atoms with Crippen molar-refractivity contribution < 1.29 is 8.78 Å². The van der Waals surface area contributed by atoms with Gasteiger partial charge in [-0.2, -0.15) is 0 Å². The largest absolute Gasteiger partial charge is 0.322 e. The highest BCUT2D eigenvalue weighted by Gasteiger charge is 2.44. The lowest BCUT2D eigenvalue weighted by Crippen LogP contribution is -2.40. The van der Waals surface area contributed by atoms with Gasteiger partial charge in [0.25, 0.3) is 0 Å². The molecule has 5 aromatic rings. The summed E-state index contributed by atoms with van der Waals surface area (Å²) < 4.78 is 31.7. The van der Waals surface area contributed by atoms with E-state index >= 15 is 0 Å². The molecule has 6 rings (SSSR count). The molecule has 5 aromatic heterocycles. The zero-order valence-electron chi connectivity index (χ0n) is 18.9. The first-order valence-electron chi connectivity index (χ1n) is 11.5. The summed E-state index contributed by atoms with van der Waals surface area (Å²) >= 11 is 0. The van der Waals surface area contributed by atoms with Crippen molar-refractivity contribution in [2.75, 3.05) is 6.54 Å². The van der Waals surface area contributed by atoms with Gasteiger partial charge in [0.05, 0.1) is 30.3 Å². The highest BCUT2D eigenvalue weighted by molar-refractivity contribution is 5.59. The maximum absolute atomic E-state index is 13.0. The molecule has 8 nitrogen and oxygen atoms in total. The van der Waals surface area contributed by atoms with Gasteiger partial charge in [-0.3, -0.25) is 4.98 Å². The van der Waals surface area contributed by atoms with Gasteiger partial charge >= 0.3 is 0 Å². The van der Waals surface area contributed by atoms with E-state index in [1.807, 2.05) is 70.3 Å². The second kappa shape index (κ2) is 8.70. The van der Waals surface area contributed by atoms with Crippen LogP contribution in [0.4, 0.5) is 8.78 Å². The van der Waals surface area contributed by atoms with E-state index in [9.17, 15) is 8.78 Å². The summed E-state index contributed by atoms with van der Waals surface area (Å²) in [4.78, 5) is 9.02. The number of hydrogen-bond acceptors (Lipinski definition) is 5. The van der Waals surface area contributed by atoms with Crippen LogP contribution in [-0.2, 0) is 13.1 Å². The van der Waals surface area contributed by atoms with Gasteiger partial charge in [0.15, 0.2) is 0 Å². The lowest BCUT2D eigenvalue weighted by atomic mass is 9.81. The Morgan fingerprint density at radius 3 is 2.74 bits per heavy atom. The lowest BCUT2D eigenvalue weighted by Gasteiger charge is -2.35. The first-order valence-corrected chi connectivity index (χ1v) is 11.5. The molecule has 0 atom stereocenters. The standard InChI is InChI=1S/C25H24F2N8/c26-25(27)8-19(9-25)11-28-10-18-3-4-24-30-21(15-34(24)14-18)16-35-17-23(31-32-35)20-7-22(13-29-12-20)33-5-1-2-6-33/h1-7,12-15,17,19,28H,8-11,16H2. The minimum absolute atomic E-state index is 0.0109. The summed E-state index contributed by atoms with van der Waals surface area (Å²) in [6.07, 6.45) is 13.4. The fraction of sp³-hybridized carbons (Fsp3) is 0.280. The maximum atomic E-state index is 13.0. The molecule has 0 amide bonds. The molecule has 0 unspecified atom stereocenters. The molecule has 5 heterocycles. The molecule has 0 aromatic carbocycles. The number of alkyl halides is 2. The van der Waals surface area contributed by atoms with Gasteiger partial charge in [-0.05, 0) is 42.3 Å². The fourth-order valence-corrected chi connectivity index (χ4v) is 4.51. The van der Waals surface area contributed by atoms with E-state index in [0.29, 0.717) is 19.6 Å². The van der Waals surface area contributed by atoms with Gasteiger partial charge in [0.2, 0.25) is 5.92 Å². The first-order chi connectivity index (χ1) is 17.0. The van der Waals surface area contributed by atoms with Crippen LogP contribution in [0.25, 0.3) is 22.6 Å². The smallest absolute Gasteiger partial charge is 0.248 e. The van der Waals surface area contributed by atoms with Crippen molar-refractivity contribution in [3.05, 3.63) is 85.0 Å². The van der Waals surface area contributed by atoms with E-state index in [1.54, 1.807) is 17.1 Å². The first kappa shape index (κ1) is 21.6. The van der Waals surface area contributed by atoms with Gasteiger partial charge in [0.1, 0.15) is 11.3 Å². The second-order valence-electron chi connectivity index (χ2n) is 9.12. The van der Waals surface area contributed by atoms with Crippen molar-refractivity contribution in [2.24, 2.45) is 5.92 Å². The molecule has 1 fully saturated rings. The quantitative estimate of drug-likeness (QED) is 0.368. The predicted octanol–water partition coefficient (Wildman–Crippen LogP) is 3.96. The van der Waals surface area contributed by atoms with Crippen molar-refractivity contribution >= 4 is 5.65 Å². The van der Waals surface area contributed by atoms with E-state index in [1.165, 1.54) is 0 Å². The number of nitrogens with zero attached hydrogens (tertiary/aromatic N) is 7. The van der Waals surface area contributed by atoms with Crippen LogP contribution in [0, 0.1) is 5.92 Å². The van der Waals surface area contributed by atoms with Gasteiger partial charge in [0, 0.05) is 55.9 Å². The highest BCUT2D eigenvalue weighted by atomic mass is 19.3. The zero-order valence-corrected chi connectivity index (χ0v) is 18.9. The highest BCUT2D eigenvalue weighted by Crippen LogP contribution is 2.41. The Bertz CT molecular complexity index is 1450. The summed E-state index contributed by atoms with van der Waals surface area (Å²) in [7, 11) is 0. The van der Waals surface area contributed by atoms with Crippen LogP contribution in [0.15, 0.2) is 73.7 Å². The Balaban J connectivity index is 1.11. The molecule has 1 aliphatic rings. The van der Waals surface area contributed by atoms with Gasteiger partial charge < -0.3 is 14.3 Å². The second-order valence-corrected chi connectivity index (χ2v) is 9.12. The number of fused-ring (bicyclic) bond motifs is 1. The normalized spacial score (nSPS) is 15.5. The monoisotopic (exact) mass is 474 g/mol. The molecule has 0 bridgehead atoms. The SMILES string of the molecule is FC1(F)CC(CNCc2ccc3nc(Cn4cc(-c5cncc(-n6cccc6)c5)nn4)cn3c2)C1. The predicted molar refractivity (Wildman–Crippen MR) is 126 cm³/mol. The summed E-state index contributed by atoms with van der Waals surface area (Å²) in [5.74, 6) is -2.40. The van der Waals surface area contributed by atoms with Crippen LogP contribution in [0.1, 0.15) is 24.1 Å². The van der Waals surface area contributed by atoms with E-state index in [0.717, 1.165) is 33.8 Å². The summed E-state index contributed by atoms with van der Waals surface area (Å²) in [6.45, 7) is 1.73. The van der Waals surface area contributed by atoms with Crippen molar-refractivity contribution in [3.8, 4) is 16.9 Å². The number of imidazole rings is 1. The van der Waals surface area contributed by atoms with Gasteiger partial charge in [-0.25, -0.2) is 18.4 Å². The third-order valence-corrected chi connectivity index (χ3v) is 6.28. The molecular formula is C25H24F2N8. The number of halogens is 2. The van der Waals surface area contributed by atoms with Gasteiger partial charge in [-0.1, -0.05) is 11.3 Å². The minimum Gasteiger partial charge on any atom is -0.322 e. The number of pyridine rings is 2. The van der Waals surface area contributed by atoms with Crippen LogP contribution in [0.2, 0.25) is 0 Å². The van der Waals surface area contributed by atoms with Crippen LogP contribution in [-0.4, -0.2) is 46.4 Å². The van der Waals surface area contributed by atoms with E-state index < -0.39 is 5.92 Å². The molecular weight excluding hydrogens is 450 g/mol. The van der Waals surface area contributed by atoms with Crippen molar-refractivity contribution in [1.29, 1.82) is 0 Å². The average molecular weight is 475 g/mol. The molecule has 35 heavy (non-hydrogen) atoms. The molecule has 1 saturated carbocycles. The molecule has 1 aliphatic carbocycles. The van der Waals surface area contributed by atoms with Crippen LogP contribution in [0.5, 0.6) is 0 Å². The lowest BCUT2D eigenvalue weighted by molar-refractivity contribution is -0.109. The van der Waals surface area contributed by atoms with Crippen molar-refractivity contribution in [1.82, 2.24) is 39.2 Å². The molecule has 0 spiro atoms. The molecule has 0 saturated heterocycles. The Kier molecular flexibility index (Phi) is 5.37. The number of aromatic nitrogens is 7. The van der Waals surface area contributed by atoms with E-state index in [-0.39, 0.29) is 18.8 Å². The Labute approximate surface area is 200 Å². The minimum atomic E-state index is -2.47. The third-order valence-electron chi connectivity index (χ3n) is 6.28. The Morgan fingerprint density at radius 1 is 1.06 bits per heavy atom. The van der Waals surface area contributed by atoms with Gasteiger partial charge in [-0.15, -0.1) is 5.10 Å². The molecule has 10 heteroatoms. The van der Waals surface area contributed by atoms with E-state index in [2.05, 4.69) is 25.6 Å². The zero-order chi connectivity index (χ0) is 23.8. The van der Waals surface area contributed by atoms with E-state index in [4.69, 9.17) is 0 Å². The summed E-state index contributed by atoms with van der Waals surface area (Å²) in [5, 5.41) is 11.9. The maximum Gasteiger partial charge on any atom is 0.248 e. The Morgan fingerprint density at radius 2 is 1.91 bits per heavy atom. The summed E-state index contributed by atoms with van der Waals surface area (Å²) in [6, 6.07) is 9.93. The number of hydrogen-bond donors (Lipinski definition) is 1. The molecule has 0 aliphatic heterocycles. The third kappa shape index (κ3) is 4.69. The number of rotatable bonds is 8. The van der Waals surface area contributed by atoms with Crippen molar-refractivity contribution in [3.63, 3.8) is 0 Å². The van der Waals surface area contributed by atoms with Crippen molar-refractivity contribution in [2.45, 2.75) is 31.9 Å². The fourth-order valence-electron chi connectivity index (χ4n) is 4.51. The van der Waals surface area contributed by atoms with Crippen LogP contribution in [0.3, 0.4) is 0 Å². The average Bonchev–Trinajstić information content (AvgIpc) is 3.59. The molecule has 1 N–H and O–H groups in total. The van der Waals surface area contributed by atoms with Crippen LogP contribution < -0.4 is 5.32 Å². The van der Waals surface area contributed by atoms with Crippen LogP contribution >= 0.6 is 0 Å². The summed E-state index contributed by atoms with van der Waals surface area (Å²) in [5.41, 5.74) is 5.37. The Hall–Kier alpha value is -3.92. The molecule has 178 valence electrons. The molecule has 0 radical (unpaired) electrons.